The lowest BCUT2D eigenvalue weighted by atomic mass is 9.93. The Morgan fingerprint density at radius 1 is 1.09 bits per heavy atom. The second-order valence-electron chi connectivity index (χ2n) is 7.69. The number of carbonyl (C=O) groups is 1. The summed E-state index contributed by atoms with van der Waals surface area (Å²) >= 11 is 0. The standard InChI is InChI=1S/C24H24N4O4/c1-3-16-7-9-17(10-8-16)25-24(29)23-15(2)22-20(5-4-6-21(22)32-23)27-26-18-11-13-19(14-12-18)28(30)31/h7-14,26H,3-6H2,1-2H3,(H,25,29)/b27-20+. The molecule has 0 spiro atoms. The van der Waals surface area contributed by atoms with Crippen molar-refractivity contribution in [2.45, 2.75) is 39.5 Å². The van der Waals surface area contributed by atoms with E-state index in [2.05, 4.69) is 22.8 Å². The Balaban J connectivity index is 1.54. The van der Waals surface area contributed by atoms with Gasteiger partial charge < -0.3 is 9.73 Å². The summed E-state index contributed by atoms with van der Waals surface area (Å²) < 4.78 is 5.94. The van der Waals surface area contributed by atoms with Crippen LogP contribution in [0.1, 0.15) is 52.8 Å². The van der Waals surface area contributed by atoms with Crippen molar-refractivity contribution in [3.05, 3.63) is 86.9 Å². The molecule has 2 N–H and O–H groups in total. The smallest absolute Gasteiger partial charge is 0.291 e. The van der Waals surface area contributed by atoms with Gasteiger partial charge in [0, 0.05) is 35.4 Å². The van der Waals surface area contributed by atoms with E-state index in [0.29, 0.717) is 11.4 Å². The molecule has 0 atom stereocenters. The number of hydrogen-bond donors (Lipinski definition) is 2. The quantitative estimate of drug-likeness (QED) is 0.397. The van der Waals surface area contributed by atoms with E-state index in [1.54, 1.807) is 12.1 Å². The third-order valence-corrected chi connectivity index (χ3v) is 5.55. The lowest BCUT2D eigenvalue weighted by Gasteiger charge is -2.13. The van der Waals surface area contributed by atoms with Crippen LogP contribution in [-0.2, 0) is 12.8 Å². The van der Waals surface area contributed by atoms with Gasteiger partial charge in [0.2, 0.25) is 0 Å². The van der Waals surface area contributed by atoms with Gasteiger partial charge in [-0.2, -0.15) is 5.10 Å². The number of benzene rings is 2. The molecule has 0 aliphatic heterocycles. The predicted molar refractivity (Wildman–Crippen MR) is 123 cm³/mol. The van der Waals surface area contributed by atoms with Crippen molar-refractivity contribution in [3.8, 4) is 0 Å². The third kappa shape index (κ3) is 4.39. The molecular weight excluding hydrogens is 408 g/mol. The van der Waals surface area contributed by atoms with E-state index >= 15 is 0 Å². The van der Waals surface area contributed by atoms with E-state index in [-0.39, 0.29) is 11.6 Å². The molecule has 0 fully saturated rings. The fraction of sp³-hybridized carbons (Fsp3) is 0.250. The molecule has 1 aliphatic carbocycles. The minimum atomic E-state index is -0.442. The molecule has 164 valence electrons. The van der Waals surface area contributed by atoms with Crippen LogP contribution in [-0.4, -0.2) is 16.5 Å². The molecule has 0 unspecified atom stereocenters. The van der Waals surface area contributed by atoms with Crippen LogP contribution in [0.15, 0.2) is 58.0 Å². The molecule has 8 nitrogen and oxygen atoms in total. The van der Waals surface area contributed by atoms with Gasteiger partial charge in [-0.1, -0.05) is 19.1 Å². The third-order valence-electron chi connectivity index (χ3n) is 5.55. The number of hydrazone groups is 1. The Labute approximate surface area is 185 Å². The summed E-state index contributed by atoms with van der Waals surface area (Å²) in [6.07, 6.45) is 3.28. The number of hydrogen-bond acceptors (Lipinski definition) is 6. The van der Waals surface area contributed by atoms with Crippen molar-refractivity contribution in [2.24, 2.45) is 5.10 Å². The largest absolute Gasteiger partial charge is 0.455 e. The summed E-state index contributed by atoms with van der Waals surface area (Å²) in [6.45, 7) is 3.95. The molecule has 2 aromatic carbocycles. The first-order valence-corrected chi connectivity index (χ1v) is 10.6. The van der Waals surface area contributed by atoms with Crippen LogP contribution in [0, 0.1) is 17.0 Å². The number of anilines is 2. The van der Waals surface area contributed by atoms with Gasteiger partial charge in [-0.15, -0.1) is 0 Å². The van der Waals surface area contributed by atoms with Crippen LogP contribution in [0.4, 0.5) is 17.1 Å². The zero-order valence-electron chi connectivity index (χ0n) is 18.0. The Hall–Kier alpha value is -3.94. The van der Waals surface area contributed by atoms with Crippen LogP contribution in [0.3, 0.4) is 0 Å². The molecular formula is C24H24N4O4. The van der Waals surface area contributed by atoms with E-state index < -0.39 is 4.92 Å². The maximum Gasteiger partial charge on any atom is 0.291 e. The van der Waals surface area contributed by atoms with Crippen LogP contribution in [0.25, 0.3) is 0 Å². The van der Waals surface area contributed by atoms with Crippen molar-refractivity contribution in [2.75, 3.05) is 10.7 Å². The molecule has 1 aromatic heterocycles. The summed E-state index contributed by atoms with van der Waals surface area (Å²) in [5.41, 5.74) is 7.96. The van der Waals surface area contributed by atoms with E-state index in [4.69, 9.17) is 4.42 Å². The van der Waals surface area contributed by atoms with Gasteiger partial charge in [-0.3, -0.25) is 20.3 Å². The average Bonchev–Trinajstić information content (AvgIpc) is 3.15. The molecule has 1 aliphatic rings. The summed E-state index contributed by atoms with van der Waals surface area (Å²) in [5.74, 6) is 0.757. The van der Waals surface area contributed by atoms with Crippen LogP contribution in [0.5, 0.6) is 0 Å². The summed E-state index contributed by atoms with van der Waals surface area (Å²) in [4.78, 5) is 23.2. The Bertz CT molecular complexity index is 1180. The number of non-ortho nitro benzene ring substituents is 1. The molecule has 32 heavy (non-hydrogen) atoms. The van der Waals surface area contributed by atoms with Gasteiger partial charge in [-0.25, -0.2) is 0 Å². The van der Waals surface area contributed by atoms with Crippen LogP contribution >= 0.6 is 0 Å². The fourth-order valence-corrected chi connectivity index (χ4v) is 3.80. The van der Waals surface area contributed by atoms with E-state index in [9.17, 15) is 14.9 Å². The molecule has 0 radical (unpaired) electrons. The first-order chi connectivity index (χ1) is 15.5. The van der Waals surface area contributed by atoms with Gasteiger partial charge in [0.15, 0.2) is 5.76 Å². The number of aryl methyl sites for hydroxylation is 2. The highest BCUT2D eigenvalue weighted by Crippen LogP contribution is 2.30. The maximum atomic E-state index is 12.9. The number of rotatable bonds is 6. The number of nitrogens with zero attached hydrogens (tertiary/aromatic N) is 2. The highest BCUT2D eigenvalue weighted by atomic mass is 16.6. The number of nitro groups is 1. The lowest BCUT2D eigenvalue weighted by Crippen LogP contribution is -2.14. The fourth-order valence-electron chi connectivity index (χ4n) is 3.80. The second kappa shape index (κ2) is 9.05. The molecule has 3 aromatic rings. The van der Waals surface area contributed by atoms with Crippen molar-refractivity contribution in [1.82, 2.24) is 0 Å². The second-order valence-corrected chi connectivity index (χ2v) is 7.69. The van der Waals surface area contributed by atoms with Crippen LogP contribution < -0.4 is 10.7 Å². The van der Waals surface area contributed by atoms with Crippen molar-refractivity contribution in [3.63, 3.8) is 0 Å². The minimum absolute atomic E-state index is 0.0221. The minimum Gasteiger partial charge on any atom is -0.455 e. The van der Waals surface area contributed by atoms with Crippen molar-refractivity contribution < 1.29 is 14.1 Å². The number of furan rings is 1. The molecule has 8 heteroatoms. The maximum absolute atomic E-state index is 12.9. The molecule has 1 amide bonds. The molecule has 0 bridgehead atoms. The van der Waals surface area contributed by atoms with E-state index in [0.717, 1.165) is 54.0 Å². The van der Waals surface area contributed by atoms with Gasteiger partial charge in [-0.05, 0) is 56.0 Å². The number of carbonyl (C=O) groups excluding carboxylic acids is 1. The van der Waals surface area contributed by atoms with Crippen LogP contribution in [0.2, 0.25) is 0 Å². The number of fused-ring (bicyclic) bond motifs is 1. The zero-order valence-corrected chi connectivity index (χ0v) is 18.0. The summed E-state index contributed by atoms with van der Waals surface area (Å²) in [7, 11) is 0. The number of nitrogens with one attached hydrogen (secondary N) is 2. The Kier molecular flexibility index (Phi) is 6.02. The lowest BCUT2D eigenvalue weighted by molar-refractivity contribution is -0.384. The highest BCUT2D eigenvalue weighted by Gasteiger charge is 2.28. The Morgan fingerprint density at radius 3 is 2.44 bits per heavy atom. The first kappa shape index (κ1) is 21.3. The van der Waals surface area contributed by atoms with Gasteiger partial charge in [0.25, 0.3) is 11.6 Å². The molecule has 1 heterocycles. The molecule has 0 saturated carbocycles. The van der Waals surface area contributed by atoms with Gasteiger partial charge >= 0.3 is 0 Å². The molecule has 4 rings (SSSR count). The highest BCUT2D eigenvalue weighted by molar-refractivity contribution is 6.09. The summed E-state index contributed by atoms with van der Waals surface area (Å²) in [6, 6.07) is 13.8. The topological polar surface area (TPSA) is 110 Å². The first-order valence-electron chi connectivity index (χ1n) is 10.6. The normalized spacial score (nSPS) is 14.1. The zero-order chi connectivity index (χ0) is 22.7. The van der Waals surface area contributed by atoms with Gasteiger partial charge in [0.1, 0.15) is 5.76 Å². The Morgan fingerprint density at radius 2 is 1.78 bits per heavy atom. The average molecular weight is 432 g/mol. The van der Waals surface area contributed by atoms with E-state index in [1.165, 1.54) is 17.7 Å². The summed E-state index contributed by atoms with van der Waals surface area (Å²) in [5, 5.41) is 18.2. The number of amides is 1. The van der Waals surface area contributed by atoms with Gasteiger partial charge in [0.05, 0.1) is 16.3 Å². The number of nitro benzene ring substituents is 1. The predicted octanol–water partition coefficient (Wildman–Crippen LogP) is 5.46. The SMILES string of the molecule is CCc1ccc(NC(=O)c2oc3c(c2C)/C(=N/Nc2ccc([N+](=O)[O-])cc2)CCC3)cc1. The van der Waals surface area contributed by atoms with E-state index in [1.807, 2.05) is 31.2 Å². The van der Waals surface area contributed by atoms with Crippen molar-refractivity contribution in [1.29, 1.82) is 0 Å². The molecule has 0 saturated heterocycles. The monoisotopic (exact) mass is 432 g/mol. The van der Waals surface area contributed by atoms with Crippen molar-refractivity contribution >= 4 is 28.7 Å².